The standard InChI is InChI=1S/C21H24N4O2S/c1-2-3-4-5-8-14-28-21-23-20(26)18-15-10-6-7-11-16(15)22-19(25(18)24-21)17-12-9-13-27-17/h6-7,9-13,19H,2-5,8,14H2,1H3,(H,23,24,26)/t19-/m1/s1. The van der Waals surface area contributed by atoms with Gasteiger partial charge in [-0.25, -0.2) is 10.0 Å². The van der Waals surface area contributed by atoms with Crippen molar-refractivity contribution >= 4 is 28.5 Å². The van der Waals surface area contributed by atoms with Crippen molar-refractivity contribution in [2.45, 2.75) is 45.2 Å². The molecule has 146 valence electrons. The predicted octanol–water partition coefficient (Wildman–Crippen LogP) is 3.13. The fourth-order valence-corrected chi connectivity index (χ4v) is 4.24. The van der Waals surface area contributed by atoms with E-state index in [1.807, 2.05) is 36.4 Å². The fourth-order valence-electron chi connectivity index (χ4n) is 3.39. The van der Waals surface area contributed by atoms with Crippen molar-refractivity contribution < 1.29 is 9.21 Å². The van der Waals surface area contributed by atoms with Crippen LogP contribution < -0.4 is 15.9 Å². The van der Waals surface area contributed by atoms with Gasteiger partial charge in [0.2, 0.25) is 6.17 Å². The van der Waals surface area contributed by atoms with E-state index in [1.54, 1.807) is 23.0 Å². The molecule has 0 spiro atoms. The Morgan fingerprint density at radius 1 is 1.14 bits per heavy atom. The van der Waals surface area contributed by atoms with E-state index < -0.39 is 6.17 Å². The molecule has 1 N–H and O–H groups in total. The van der Waals surface area contributed by atoms with E-state index in [4.69, 9.17) is 14.5 Å². The summed E-state index contributed by atoms with van der Waals surface area (Å²) in [6, 6.07) is 11.3. The molecular weight excluding hydrogens is 372 g/mol. The summed E-state index contributed by atoms with van der Waals surface area (Å²) in [7, 11) is 0. The quantitative estimate of drug-likeness (QED) is 0.730. The Balaban J connectivity index is 1.61. The summed E-state index contributed by atoms with van der Waals surface area (Å²) in [5.41, 5.74) is 0.513. The maximum Gasteiger partial charge on any atom is 0.276 e. The van der Waals surface area contributed by atoms with Crippen LogP contribution in [-0.4, -0.2) is 21.8 Å². The predicted molar refractivity (Wildman–Crippen MR) is 111 cm³/mol. The number of furan rings is 1. The zero-order valence-corrected chi connectivity index (χ0v) is 16.7. The largest absolute Gasteiger partial charge is 0.465 e. The van der Waals surface area contributed by atoms with E-state index >= 15 is 0 Å². The van der Waals surface area contributed by atoms with E-state index in [9.17, 15) is 4.79 Å². The second kappa shape index (κ2) is 8.65. The second-order valence-corrected chi connectivity index (χ2v) is 7.93. The number of hydrogen-bond donors (Lipinski definition) is 1. The van der Waals surface area contributed by atoms with E-state index in [0.29, 0.717) is 16.6 Å². The van der Waals surface area contributed by atoms with Crippen LogP contribution >= 0.6 is 11.8 Å². The molecule has 7 heteroatoms. The lowest BCUT2D eigenvalue weighted by Gasteiger charge is -2.32. The number of hydrazone groups is 1. The molecule has 28 heavy (non-hydrogen) atoms. The maximum atomic E-state index is 12.9. The monoisotopic (exact) mass is 396 g/mol. The fraction of sp³-hybridized carbons (Fsp3) is 0.381. The number of nitrogens with one attached hydrogen (secondary N) is 1. The van der Waals surface area contributed by atoms with Crippen LogP contribution in [0.15, 0.2) is 57.2 Å². The molecule has 2 aliphatic heterocycles. The summed E-state index contributed by atoms with van der Waals surface area (Å²) in [6.07, 6.45) is 7.24. The van der Waals surface area contributed by atoms with E-state index in [0.717, 1.165) is 22.7 Å². The number of fused-ring (bicyclic) bond motifs is 2. The summed E-state index contributed by atoms with van der Waals surface area (Å²) in [6.45, 7) is 2.21. The van der Waals surface area contributed by atoms with Crippen molar-refractivity contribution in [2.75, 3.05) is 5.75 Å². The van der Waals surface area contributed by atoms with Gasteiger partial charge in [-0.1, -0.05) is 62.6 Å². The highest BCUT2D eigenvalue weighted by Crippen LogP contribution is 2.30. The number of amidine groups is 1. The molecule has 0 saturated heterocycles. The molecule has 2 aliphatic rings. The zero-order chi connectivity index (χ0) is 19.3. The van der Waals surface area contributed by atoms with Crippen LogP contribution in [0.4, 0.5) is 0 Å². The van der Waals surface area contributed by atoms with Gasteiger partial charge in [-0.3, -0.25) is 10.1 Å². The molecule has 0 saturated carbocycles. The van der Waals surface area contributed by atoms with Crippen molar-refractivity contribution in [1.29, 1.82) is 0 Å². The molecule has 1 aromatic carbocycles. The normalized spacial score (nSPS) is 18.1. The number of amides is 1. The molecule has 0 bridgehead atoms. The van der Waals surface area contributed by atoms with Gasteiger partial charge in [-0.05, 0) is 24.6 Å². The van der Waals surface area contributed by atoms with E-state index in [1.165, 1.54) is 25.7 Å². The first-order valence-corrected chi connectivity index (χ1v) is 10.8. The van der Waals surface area contributed by atoms with Crippen LogP contribution in [0, 0.1) is 0 Å². The van der Waals surface area contributed by atoms with Crippen molar-refractivity contribution in [3.8, 4) is 0 Å². The summed E-state index contributed by atoms with van der Waals surface area (Å²) in [5, 5.41) is 11.5. The SMILES string of the molecule is CCCCCCCSC1=NN2C(=c3ccccc3=N[C@H]2c2ccco2)C(=O)N1. The molecule has 4 rings (SSSR count). The van der Waals surface area contributed by atoms with Crippen LogP contribution in [0.1, 0.15) is 51.0 Å². The lowest BCUT2D eigenvalue weighted by molar-refractivity contribution is -0.116. The van der Waals surface area contributed by atoms with Crippen molar-refractivity contribution in [3.63, 3.8) is 0 Å². The lowest BCUT2D eigenvalue weighted by atomic mass is 10.1. The van der Waals surface area contributed by atoms with Gasteiger partial charge in [0.15, 0.2) is 5.17 Å². The highest BCUT2D eigenvalue weighted by atomic mass is 32.2. The van der Waals surface area contributed by atoms with Gasteiger partial charge in [-0.2, -0.15) is 0 Å². The number of carbonyl (C=O) groups excluding carboxylic acids is 1. The Labute approximate surface area is 168 Å². The first-order chi connectivity index (χ1) is 13.8. The molecule has 6 nitrogen and oxygen atoms in total. The highest BCUT2D eigenvalue weighted by molar-refractivity contribution is 8.13. The molecule has 1 aromatic heterocycles. The van der Waals surface area contributed by atoms with Crippen LogP contribution in [-0.2, 0) is 4.79 Å². The Morgan fingerprint density at radius 3 is 2.82 bits per heavy atom. The Kier molecular flexibility index (Phi) is 5.81. The first kappa shape index (κ1) is 18.8. The van der Waals surface area contributed by atoms with Crippen LogP contribution in [0.25, 0.3) is 5.70 Å². The number of unbranched alkanes of at least 4 members (excludes halogenated alkanes) is 4. The Morgan fingerprint density at radius 2 is 2.00 bits per heavy atom. The third-order valence-corrected chi connectivity index (χ3v) is 5.75. The molecule has 1 amide bonds. The molecule has 3 heterocycles. The molecule has 2 aromatic rings. The number of carbonyl (C=O) groups is 1. The average Bonchev–Trinajstić information content (AvgIpc) is 3.24. The number of hydrogen-bond acceptors (Lipinski definition) is 6. The smallest absolute Gasteiger partial charge is 0.276 e. The number of rotatable bonds is 7. The molecular formula is C21H24N4O2S. The molecule has 0 unspecified atom stereocenters. The molecule has 0 aliphatic carbocycles. The van der Waals surface area contributed by atoms with Crippen LogP contribution in [0.5, 0.6) is 0 Å². The first-order valence-electron chi connectivity index (χ1n) is 9.80. The zero-order valence-electron chi connectivity index (χ0n) is 15.9. The van der Waals surface area contributed by atoms with Crippen molar-refractivity contribution in [3.05, 3.63) is 59.0 Å². The number of benzene rings is 1. The van der Waals surface area contributed by atoms with Gasteiger partial charge in [0.1, 0.15) is 11.5 Å². The lowest BCUT2D eigenvalue weighted by Crippen LogP contribution is -2.50. The molecule has 0 radical (unpaired) electrons. The summed E-state index contributed by atoms with van der Waals surface area (Å²) in [4.78, 5) is 17.7. The minimum absolute atomic E-state index is 0.151. The summed E-state index contributed by atoms with van der Waals surface area (Å²) in [5.74, 6) is 1.45. The molecule has 1 atom stereocenters. The van der Waals surface area contributed by atoms with Crippen LogP contribution in [0.2, 0.25) is 0 Å². The van der Waals surface area contributed by atoms with Crippen molar-refractivity contribution in [2.24, 2.45) is 10.1 Å². The van der Waals surface area contributed by atoms with Gasteiger partial charge in [-0.15, -0.1) is 5.10 Å². The van der Waals surface area contributed by atoms with Crippen molar-refractivity contribution in [1.82, 2.24) is 10.3 Å². The van der Waals surface area contributed by atoms with Gasteiger partial charge < -0.3 is 4.42 Å². The third kappa shape index (κ3) is 3.85. The maximum absolute atomic E-state index is 12.9. The van der Waals surface area contributed by atoms with Gasteiger partial charge in [0.05, 0.1) is 11.6 Å². The summed E-state index contributed by atoms with van der Waals surface area (Å²) < 4.78 is 5.59. The van der Waals surface area contributed by atoms with Gasteiger partial charge in [0, 0.05) is 11.0 Å². The third-order valence-electron chi connectivity index (χ3n) is 4.80. The Hall–Kier alpha value is -2.54. The van der Waals surface area contributed by atoms with E-state index in [-0.39, 0.29) is 5.91 Å². The number of para-hydroxylation sites is 1. The molecule has 0 fully saturated rings. The minimum atomic E-state index is -0.480. The highest BCUT2D eigenvalue weighted by Gasteiger charge is 2.35. The summed E-state index contributed by atoms with van der Waals surface area (Å²) >= 11 is 1.59. The Bertz CT molecular complexity index is 984. The van der Waals surface area contributed by atoms with Crippen LogP contribution in [0.3, 0.4) is 0 Å². The van der Waals surface area contributed by atoms with E-state index in [2.05, 4.69) is 12.2 Å². The van der Waals surface area contributed by atoms with Gasteiger partial charge in [0.25, 0.3) is 5.91 Å². The average molecular weight is 397 g/mol. The minimum Gasteiger partial charge on any atom is -0.465 e. The second-order valence-electron chi connectivity index (χ2n) is 6.85. The topological polar surface area (TPSA) is 70.2 Å². The number of thioether (sulfide) groups is 1. The number of nitrogens with zero attached hydrogens (tertiary/aromatic N) is 3. The van der Waals surface area contributed by atoms with Gasteiger partial charge >= 0.3 is 0 Å².